The molecule has 2 rings (SSSR count). The molecule has 0 saturated carbocycles. The molecule has 94 valence electrons. The summed E-state index contributed by atoms with van der Waals surface area (Å²) >= 11 is 5.84. The van der Waals surface area contributed by atoms with Gasteiger partial charge in [0.05, 0.1) is 7.11 Å². The van der Waals surface area contributed by atoms with Crippen LogP contribution in [0.4, 0.5) is 0 Å². The van der Waals surface area contributed by atoms with Crippen LogP contribution in [-0.2, 0) is 6.61 Å². The van der Waals surface area contributed by atoms with Crippen LogP contribution in [0.2, 0.25) is 5.15 Å². The molecule has 0 unspecified atom stereocenters. The summed E-state index contributed by atoms with van der Waals surface area (Å²) in [7, 11) is 1.65. The molecule has 1 aromatic carbocycles. The van der Waals surface area contributed by atoms with Crippen molar-refractivity contribution >= 4 is 11.6 Å². The maximum Gasteiger partial charge on any atom is 0.132 e. The van der Waals surface area contributed by atoms with Gasteiger partial charge >= 0.3 is 0 Å². The Balaban J connectivity index is 2.08. The lowest BCUT2D eigenvalue weighted by Gasteiger charge is -2.09. The van der Waals surface area contributed by atoms with E-state index < -0.39 is 0 Å². The van der Waals surface area contributed by atoms with Crippen LogP contribution in [0.5, 0.6) is 11.5 Å². The number of ether oxygens (including phenoxy) is 2. The first kappa shape index (κ1) is 12.7. The maximum atomic E-state index is 5.84. The third-order valence-corrected chi connectivity index (χ3v) is 2.76. The molecule has 0 atom stereocenters. The Labute approximate surface area is 111 Å². The minimum absolute atomic E-state index is 0.432. The molecular weight excluding hydrogens is 250 g/mol. The standard InChI is InChI=1S/C14H14ClNO2/c1-10-8-16-14(15)7-13(10)18-9-11-4-3-5-12(6-11)17-2/h3-8H,9H2,1-2H3. The van der Waals surface area contributed by atoms with Crippen molar-refractivity contribution in [2.24, 2.45) is 0 Å². The maximum absolute atomic E-state index is 5.84. The molecule has 4 heteroatoms. The number of rotatable bonds is 4. The van der Waals surface area contributed by atoms with Crippen molar-refractivity contribution in [1.82, 2.24) is 4.98 Å². The van der Waals surface area contributed by atoms with Crippen LogP contribution in [0.15, 0.2) is 36.5 Å². The molecule has 0 aliphatic rings. The van der Waals surface area contributed by atoms with Gasteiger partial charge in [0.25, 0.3) is 0 Å². The highest BCUT2D eigenvalue weighted by Gasteiger charge is 2.03. The van der Waals surface area contributed by atoms with Crippen LogP contribution in [-0.4, -0.2) is 12.1 Å². The SMILES string of the molecule is COc1cccc(COc2cc(Cl)ncc2C)c1. The number of halogens is 1. The van der Waals surface area contributed by atoms with Gasteiger partial charge in [0, 0.05) is 17.8 Å². The van der Waals surface area contributed by atoms with Gasteiger partial charge in [-0.05, 0) is 24.6 Å². The molecule has 0 aliphatic carbocycles. The van der Waals surface area contributed by atoms with E-state index in [2.05, 4.69) is 4.98 Å². The lowest BCUT2D eigenvalue weighted by molar-refractivity contribution is 0.303. The second kappa shape index (κ2) is 5.74. The van der Waals surface area contributed by atoms with Gasteiger partial charge in [0.2, 0.25) is 0 Å². The molecule has 0 bridgehead atoms. The number of hydrogen-bond acceptors (Lipinski definition) is 3. The molecule has 0 fully saturated rings. The Kier molecular flexibility index (Phi) is 4.05. The minimum Gasteiger partial charge on any atom is -0.497 e. The molecule has 0 saturated heterocycles. The number of aromatic nitrogens is 1. The van der Waals surface area contributed by atoms with E-state index in [0.29, 0.717) is 11.8 Å². The van der Waals surface area contributed by atoms with Crippen molar-refractivity contribution in [2.75, 3.05) is 7.11 Å². The van der Waals surface area contributed by atoms with Gasteiger partial charge in [-0.3, -0.25) is 0 Å². The first-order valence-corrected chi connectivity index (χ1v) is 5.94. The van der Waals surface area contributed by atoms with Crippen LogP contribution < -0.4 is 9.47 Å². The third kappa shape index (κ3) is 3.14. The van der Waals surface area contributed by atoms with E-state index >= 15 is 0 Å². The summed E-state index contributed by atoms with van der Waals surface area (Å²) in [6, 6.07) is 9.48. The third-order valence-electron chi connectivity index (χ3n) is 2.55. The second-order valence-electron chi connectivity index (χ2n) is 3.91. The highest BCUT2D eigenvalue weighted by atomic mass is 35.5. The summed E-state index contributed by atoms with van der Waals surface area (Å²) in [5, 5.41) is 0.432. The number of pyridine rings is 1. The molecule has 0 radical (unpaired) electrons. The quantitative estimate of drug-likeness (QED) is 0.790. The fourth-order valence-electron chi connectivity index (χ4n) is 1.56. The summed E-state index contributed by atoms with van der Waals surface area (Å²) in [5.41, 5.74) is 2.00. The summed E-state index contributed by atoms with van der Waals surface area (Å²) in [5.74, 6) is 1.57. The lowest BCUT2D eigenvalue weighted by atomic mass is 10.2. The van der Waals surface area contributed by atoms with E-state index in [0.717, 1.165) is 22.6 Å². The van der Waals surface area contributed by atoms with Gasteiger partial charge in [0.15, 0.2) is 0 Å². The normalized spacial score (nSPS) is 10.2. The van der Waals surface area contributed by atoms with Crippen LogP contribution in [0.3, 0.4) is 0 Å². The van der Waals surface area contributed by atoms with Gasteiger partial charge in [0.1, 0.15) is 23.3 Å². The number of benzene rings is 1. The van der Waals surface area contributed by atoms with E-state index in [1.54, 1.807) is 19.4 Å². The fourth-order valence-corrected chi connectivity index (χ4v) is 1.71. The van der Waals surface area contributed by atoms with Crippen LogP contribution in [0.1, 0.15) is 11.1 Å². The highest BCUT2D eigenvalue weighted by Crippen LogP contribution is 2.22. The molecule has 18 heavy (non-hydrogen) atoms. The number of hydrogen-bond donors (Lipinski definition) is 0. The van der Waals surface area contributed by atoms with Crippen molar-refractivity contribution in [2.45, 2.75) is 13.5 Å². The Morgan fingerprint density at radius 3 is 2.89 bits per heavy atom. The smallest absolute Gasteiger partial charge is 0.132 e. The molecule has 0 aliphatic heterocycles. The molecule has 1 heterocycles. The van der Waals surface area contributed by atoms with E-state index in [1.165, 1.54) is 0 Å². The van der Waals surface area contributed by atoms with Gasteiger partial charge in [-0.15, -0.1) is 0 Å². The zero-order valence-corrected chi connectivity index (χ0v) is 11.1. The average Bonchev–Trinajstić information content (AvgIpc) is 2.40. The summed E-state index contributed by atoms with van der Waals surface area (Å²) in [6.07, 6.45) is 1.70. The number of nitrogens with zero attached hydrogens (tertiary/aromatic N) is 1. The first-order chi connectivity index (χ1) is 8.69. The Hall–Kier alpha value is -1.74. The van der Waals surface area contributed by atoms with Gasteiger partial charge in [-0.2, -0.15) is 0 Å². The van der Waals surface area contributed by atoms with E-state index in [9.17, 15) is 0 Å². The predicted octanol–water partition coefficient (Wildman–Crippen LogP) is 3.63. The van der Waals surface area contributed by atoms with Crippen molar-refractivity contribution in [1.29, 1.82) is 0 Å². The van der Waals surface area contributed by atoms with Gasteiger partial charge < -0.3 is 9.47 Å². The van der Waals surface area contributed by atoms with Crippen molar-refractivity contribution in [3.05, 3.63) is 52.8 Å². The fraction of sp³-hybridized carbons (Fsp3) is 0.214. The molecular formula is C14H14ClNO2. The number of aryl methyl sites for hydroxylation is 1. The van der Waals surface area contributed by atoms with Gasteiger partial charge in [-0.1, -0.05) is 23.7 Å². The van der Waals surface area contributed by atoms with Crippen molar-refractivity contribution in [3.63, 3.8) is 0 Å². The summed E-state index contributed by atoms with van der Waals surface area (Å²) in [6.45, 7) is 2.41. The van der Waals surface area contributed by atoms with Crippen LogP contribution in [0.25, 0.3) is 0 Å². The molecule has 2 aromatic rings. The van der Waals surface area contributed by atoms with Crippen LogP contribution in [0, 0.1) is 6.92 Å². The Bertz CT molecular complexity index is 543. The van der Waals surface area contributed by atoms with Crippen molar-refractivity contribution in [3.8, 4) is 11.5 Å². The molecule has 3 nitrogen and oxygen atoms in total. The Morgan fingerprint density at radius 1 is 1.28 bits per heavy atom. The zero-order chi connectivity index (χ0) is 13.0. The Morgan fingerprint density at radius 2 is 2.11 bits per heavy atom. The summed E-state index contributed by atoms with van der Waals surface area (Å²) in [4.78, 5) is 3.99. The monoisotopic (exact) mass is 263 g/mol. The minimum atomic E-state index is 0.432. The van der Waals surface area contributed by atoms with Crippen molar-refractivity contribution < 1.29 is 9.47 Å². The van der Waals surface area contributed by atoms with E-state index in [4.69, 9.17) is 21.1 Å². The molecule has 0 spiro atoms. The largest absolute Gasteiger partial charge is 0.497 e. The molecule has 1 aromatic heterocycles. The average molecular weight is 264 g/mol. The lowest BCUT2D eigenvalue weighted by Crippen LogP contribution is -1.98. The van der Waals surface area contributed by atoms with E-state index in [1.807, 2.05) is 31.2 Å². The topological polar surface area (TPSA) is 31.4 Å². The molecule has 0 N–H and O–H groups in total. The molecule has 0 amide bonds. The predicted molar refractivity (Wildman–Crippen MR) is 71.3 cm³/mol. The van der Waals surface area contributed by atoms with Gasteiger partial charge in [-0.25, -0.2) is 4.98 Å². The first-order valence-electron chi connectivity index (χ1n) is 5.57. The second-order valence-corrected chi connectivity index (χ2v) is 4.30. The van der Waals surface area contributed by atoms with Crippen LogP contribution >= 0.6 is 11.6 Å². The highest BCUT2D eigenvalue weighted by molar-refractivity contribution is 6.29. The van der Waals surface area contributed by atoms with E-state index in [-0.39, 0.29) is 0 Å². The zero-order valence-electron chi connectivity index (χ0n) is 10.3. The summed E-state index contributed by atoms with van der Waals surface area (Å²) < 4.78 is 10.9. The number of methoxy groups -OCH3 is 1.